The van der Waals surface area contributed by atoms with Crippen molar-refractivity contribution in [3.8, 4) is 0 Å². The number of amides is 1. The summed E-state index contributed by atoms with van der Waals surface area (Å²) in [4.78, 5) is 13.7. The fraction of sp³-hybridized carbons (Fsp3) is 0.462. The van der Waals surface area contributed by atoms with Gasteiger partial charge < -0.3 is 4.90 Å². The third-order valence-electron chi connectivity index (χ3n) is 2.64. The predicted octanol–water partition coefficient (Wildman–Crippen LogP) is 3.14. The third kappa shape index (κ3) is 4.72. The molecule has 0 heterocycles. The summed E-state index contributed by atoms with van der Waals surface area (Å²) in [5, 5.41) is 0. The van der Waals surface area contributed by atoms with Gasteiger partial charge in [0.15, 0.2) is 0 Å². The van der Waals surface area contributed by atoms with Crippen molar-refractivity contribution in [1.82, 2.24) is 4.90 Å². The first-order valence-electron chi connectivity index (χ1n) is 5.72. The summed E-state index contributed by atoms with van der Waals surface area (Å²) in [6.07, 6.45) is 0.785. The summed E-state index contributed by atoms with van der Waals surface area (Å²) in [5.74, 6) is -1.48. The van der Waals surface area contributed by atoms with Crippen LogP contribution < -0.4 is 0 Å². The number of hydrogen-bond donors (Lipinski definition) is 0. The van der Waals surface area contributed by atoms with Crippen molar-refractivity contribution >= 4 is 21.8 Å². The van der Waals surface area contributed by atoms with Crippen LogP contribution in [-0.2, 0) is 11.2 Å². The van der Waals surface area contributed by atoms with Crippen LogP contribution in [0, 0.1) is 11.6 Å². The van der Waals surface area contributed by atoms with Gasteiger partial charge >= 0.3 is 0 Å². The molecule has 0 saturated carbocycles. The molecule has 1 atom stereocenters. The SMILES string of the molecule is CC(Br)CCN(C)C(=O)Cc1ccc(F)cc1F. The lowest BCUT2D eigenvalue weighted by molar-refractivity contribution is -0.129. The second-order valence-electron chi connectivity index (χ2n) is 4.30. The summed E-state index contributed by atoms with van der Waals surface area (Å²) in [6.45, 7) is 2.60. The Morgan fingerprint density at radius 2 is 2.11 bits per heavy atom. The third-order valence-corrected chi connectivity index (χ3v) is 3.10. The molecular formula is C13H16BrF2NO. The van der Waals surface area contributed by atoms with E-state index >= 15 is 0 Å². The summed E-state index contributed by atoms with van der Waals surface area (Å²) in [6, 6.07) is 3.26. The van der Waals surface area contributed by atoms with Gasteiger partial charge in [0, 0.05) is 24.5 Å². The van der Waals surface area contributed by atoms with Gasteiger partial charge in [-0.1, -0.05) is 28.9 Å². The minimum atomic E-state index is -0.675. The Morgan fingerprint density at radius 1 is 1.44 bits per heavy atom. The Labute approximate surface area is 114 Å². The summed E-state index contributed by atoms with van der Waals surface area (Å²) < 4.78 is 26.1. The van der Waals surface area contributed by atoms with Crippen LogP contribution in [0.5, 0.6) is 0 Å². The van der Waals surface area contributed by atoms with Crippen molar-refractivity contribution in [3.05, 3.63) is 35.4 Å². The summed E-state index contributed by atoms with van der Waals surface area (Å²) >= 11 is 3.40. The highest BCUT2D eigenvalue weighted by atomic mass is 79.9. The second kappa shape index (κ2) is 6.83. The molecule has 1 aromatic carbocycles. The monoisotopic (exact) mass is 319 g/mol. The van der Waals surface area contributed by atoms with E-state index < -0.39 is 11.6 Å². The van der Waals surface area contributed by atoms with Crippen LogP contribution in [0.4, 0.5) is 8.78 Å². The van der Waals surface area contributed by atoms with Gasteiger partial charge in [0.2, 0.25) is 5.91 Å². The lowest BCUT2D eigenvalue weighted by atomic mass is 10.1. The van der Waals surface area contributed by atoms with Crippen LogP contribution in [0.2, 0.25) is 0 Å². The van der Waals surface area contributed by atoms with E-state index in [2.05, 4.69) is 15.9 Å². The van der Waals surface area contributed by atoms with Gasteiger partial charge in [-0.25, -0.2) is 8.78 Å². The first kappa shape index (κ1) is 15.1. The normalized spacial score (nSPS) is 12.3. The highest BCUT2D eigenvalue weighted by Crippen LogP contribution is 2.11. The smallest absolute Gasteiger partial charge is 0.226 e. The number of rotatable bonds is 5. The number of hydrogen-bond acceptors (Lipinski definition) is 1. The number of nitrogens with zero attached hydrogens (tertiary/aromatic N) is 1. The molecule has 1 unspecified atom stereocenters. The first-order valence-corrected chi connectivity index (χ1v) is 6.63. The molecule has 0 saturated heterocycles. The van der Waals surface area contributed by atoms with Gasteiger partial charge in [-0.15, -0.1) is 0 Å². The summed E-state index contributed by atoms with van der Waals surface area (Å²) in [5.41, 5.74) is 0.222. The molecule has 0 aromatic heterocycles. The molecule has 18 heavy (non-hydrogen) atoms. The number of alkyl halides is 1. The lowest BCUT2D eigenvalue weighted by Gasteiger charge is -2.18. The zero-order valence-corrected chi connectivity index (χ0v) is 12.0. The topological polar surface area (TPSA) is 20.3 Å². The minimum absolute atomic E-state index is 0.0424. The van der Waals surface area contributed by atoms with Crippen LogP contribution in [0.3, 0.4) is 0 Å². The molecule has 0 radical (unpaired) electrons. The molecule has 1 amide bonds. The van der Waals surface area contributed by atoms with Crippen molar-refractivity contribution in [2.45, 2.75) is 24.6 Å². The Hall–Kier alpha value is -0.970. The van der Waals surface area contributed by atoms with E-state index in [-0.39, 0.29) is 17.9 Å². The van der Waals surface area contributed by atoms with Crippen molar-refractivity contribution in [1.29, 1.82) is 0 Å². The van der Waals surface area contributed by atoms with E-state index in [4.69, 9.17) is 0 Å². The largest absolute Gasteiger partial charge is 0.345 e. The maximum absolute atomic E-state index is 13.4. The molecule has 100 valence electrons. The minimum Gasteiger partial charge on any atom is -0.345 e. The van der Waals surface area contributed by atoms with Gasteiger partial charge in [0.1, 0.15) is 11.6 Å². The molecular weight excluding hydrogens is 304 g/mol. The molecule has 0 spiro atoms. The number of benzene rings is 1. The van der Waals surface area contributed by atoms with Gasteiger partial charge in [0.05, 0.1) is 6.42 Å². The summed E-state index contributed by atoms with van der Waals surface area (Å²) in [7, 11) is 1.68. The maximum atomic E-state index is 13.4. The molecule has 0 fully saturated rings. The second-order valence-corrected chi connectivity index (χ2v) is 5.86. The van der Waals surface area contributed by atoms with E-state index in [9.17, 15) is 13.6 Å². The van der Waals surface area contributed by atoms with Crippen LogP contribution in [0.1, 0.15) is 18.9 Å². The molecule has 0 N–H and O–H groups in total. The predicted molar refractivity (Wildman–Crippen MR) is 70.7 cm³/mol. The standard InChI is InChI=1S/C13H16BrF2NO/c1-9(14)5-6-17(2)13(18)7-10-3-4-11(15)8-12(10)16/h3-4,8-9H,5-7H2,1-2H3. The number of carbonyl (C=O) groups is 1. The van der Waals surface area contributed by atoms with Crippen molar-refractivity contribution in [3.63, 3.8) is 0 Å². The van der Waals surface area contributed by atoms with Crippen molar-refractivity contribution in [2.75, 3.05) is 13.6 Å². The van der Waals surface area contributed by atoms with E-state index in [1.807, 2.05) is 6.92 Å². The molecule has 0 aliphatic rings. The average molecular weight is 320 g/mol. The van der Waals surface area contributed by atoms with E-state index in [0.717, 1.165) is 18.6 Å². The molecule has 0 bridgehead atoms. The fourth-order valence-electron chi connectivity index (χ4n) is 1.46. The van der Waals surface area contributed by atoms with Crippen LogP contribution >= 0.6 is 15.9 Å². The maximum Gasteiger partial charge on any atom is 0.226 e. The van der Waals surface area contributed by atoms with Gasteiger partial charge in [-0.2, -0.15) is 0 Å². The molecule has 1 rings (SSSR count). The quantitative estimate of drug-likeness (QED) is 0.763. The average Bonchev–Trinajstić information content (AvgIpc) is 2.29. The molecule has 1 aromatic rings. The molecule has 2 nitrogen and oxygen atoms in total. The van der Waals surface area contributed by atoms with Gasteiger partial charge in [-0.3, -0.25) is 4.79 Å². The van der Waals surface area contributed by atoms with E-state index in [1.54, 1.807) is 11.9 Å². The lowest BCUT2D eigenvalue weighted by Crippen LogP contribution is -2.30. The fourth-order valence-corrected chi connectivity index (χ4v) is 1.66. The van der Waals surface area contributed by atoms with Crippen molar-refractivity contribution < 1.29 is 13.6 Å². The first-order chi connectivity index (χ1) is 8.40. The zero-order valence-electron chi connectivity index (χ0n) is 10.4. The Morgan fingerprint density at radius 3 is 2.67 bits per heavy atom. The molecule has 5 heteroatoms. The molecule has 0 aliphatic heterocycles. The molecule has 0 aliphatic carbocycles. The van der Waals surface area contributed by atoms with Crippen LogP contribution in [0.25, 0.3) is 0 Å². The van der Waals surface area contributed by atoms with Crippen LogP contribution in [0.15, 0.2) is 18.2 Å². The number of likely N-dealkylation sites (N-methyl/N-ethyl adjacent to an activating group) is 1. The Kier molecular flexibility index (Phi) is 5.72. The number of carbonyl (C=O) groups excluding carboxylic acids is 1. The number of halogens is 3. The Balaban J connectivity index is 2.58. The Bertz CT molecular complexity index is 423. The van der Waals surface area contributed by atoms with Crippen LogP contribution in [-0.4, -0.2) is 29.2 Å². The van der Waals surface area contributed by atoms with Crippen molar-refractivity contribution in [2.24, 2.45) is 0 Å². The van der Waals surface area contributed by atoms with E-state index in [0.29, 0.717) is 11.4 Å². The highest BCUT2D eigenvalue weighted by Gasteiger charge is 2.13. The van der Waals surface area contributed by atoms with Gasteiger partial charge in [-0.05, 0) is 18.1 Å². The van der Waals surface area contributed by atoms with E-state index in [1.165, 1.54) is 6.07 Å². The highest BCUT2D eigenvalue weighted by molar-refractivity contribution is 9.09. The van der Waals surface area contributed by atoms with Gasteiger partial charge in [0.25, 0.3) is 0 Å². The zero-order chi connectivity index (χ0) is 13.7.